The van der Waals surface area contributed by atoms with Crippen LogP contribution < -0.4 is 5.32 Å². The minimum Gasteiger partial charge on any atom is -0.341 e. The van der Waals surface area contributed by atoms with Gasteiger partial charge < -0.3 is 5.32 Å². The van der Waals surface area contributed by atoms with E-state index in [1.807, 2.05) is 0 Å². The van der Waals surface area contributed by atoms with Gasteiger partial charge in [-0.1, -0.05) is 17.5 Å². The van der Waals surface area contributed by atoms with Gasteiger partial charge in [0.05, 0.1) is 18.3 Å². The molecular weight excluding hydrogens is 522 g/mol. The topological polar surface area (TPSA) is 64.7 Å². The zero-order valence-electron chi connectivity index (χ0n) is 16.5. The first-order chi connectivity index (χ1) is 15.6. The Hall–Kier alpha value is -3.12. The number of rotatable bonds is 5. The average molecular weight is 532 g/mol. The summed E-state index contributed by atoms with van der Waals surface area (Å²) < 4.78 is 108. The van der Waals surface area contributed by atoms with E-state index in [1.165, 1.54) is 6.07 Å². The highest BCUT2D eigenvalue weighted by Gasteiger charge is 2.64. The van der Waals surface area contributed by atoms with Crippen molar-refractivity contribution in [2.45, 2.75) is 18.3 Å². The van der Waals surface area contributed by atoms with Crippen molar-refractivity contribution in [3.05, 3.63) is 39.6 Å². The van der Waals surface area contributed by atoms with Crippen LogP contribution in [0.5, 0.6) is 0 Å². The molecule has 0 aliphatic carbocycles. The van der Waals surface area contributed by atoms with E-state index in [0.29, 0.717) is 4.68 Å². The van der Waals surface area contributed by atoms with E-state index in [4.69, 9.17) is 18.0 Å². The molecule has 182 valence electrons. The molecule has 0 aromatic carbocycles. The van der Waals surface area contributed by atoms with Gasteiger partial charge in [0, 0.05) is 23.7 Å². The number of terminal acetylenes is 1. The van der Waals surface area contributed by atoms with Gasteiger partial charge in [-0.3, -0.25) is 4.79 Å². The van der Waals surface area contributed by atoms with E-state index in [1.54, 1.807) is 0 Å². The maximum Gasteiger partial charge on any atom is 0.459 e. The normalized spacial score (nSPS) is 12.6. The highest BCUT2D eigenvalue weighted by Crippen LogP contribution is 2.49. The van der Waals surface area contributed by atoms with Crippen LogP contribution in [0.2, 0.25) is 4.34 Å². The number of thiophene rings is 1. The van der Waals surface area contributed by atoms with Crippen LogP contribution in [-0.4, -0.2) is 38.2 Å². The van der Waals surface area contributed by atoms with E-state index in [2.05, 4.69) is 21.4 Å². The van der Waals surface area contributed by atoms with E-state index in [-0.39, 0.29) is 31.6 Å². The molecule has 6 nitrogen and oxygen atoms in total. The van der Waals surface area contributed by atoms with Crippen LogP contribution in [-0.2, 0) is 19.1 Å². The number of alkyl halides is 8. The number of amides is 1. The summed E-state index contributed by atoms with van der Waals surface area (Å²) in [5, 5.41) is 8.85. The third-order valence-corrected chi connectivity index (χ3v) is 5.73. The minimum absolute atomic E-state index is 0.00767. The van der Waals surface area contributed by atoms with Crippen molar-refractivity contribution in [3.63, 3.8) is 0 Å². The van der Waals surface area contributed by atoms with Crippen molar-refractivity contribution in [3.8, 4) is 28.6 Å². The quantitative estimate of drug-likeness (QED) is 0.371. The van der Waals surface area contributed by atoms with Crippen LogP contribution in [0.25, 0.3) is 16.3 Å². The maximum atomic E-state index is 13.9. The van der Waals surface area contributed by atoms with Crippen LogP contribution in [0.4, 0.5) is 35.1 Å². The Labute approximate surface area is 194 Å². The monoisotopic (exact) mass is 531 g/mol. The van der Waals surface area contributed by atoms with Crippen molar-refractivity contribution in [2.24, 2.45) is 7.05 Å². The lowest BCUT2D eigenvalue weighted by Gasteiger charge is -2.19. The highest BCUT2D eigenvalue weighted by atomic mass is 35.5. The molecule has 3 aromatic heterocycles. The fraction of sp³-hybridized carbons (Fsp3) is 0.278. The smallest absolute Gasteiger partial charge is 0.341 e. The second kappa shape index (κ2) is 8.58. The summed E-state index contributed by atoms with van der Waals surface area (Å²) >= 11 is 6.88. The molecule has 0 atom stereocenters. The predicted octanol–water partition coefficient (Wildman–Crippen LogP) is 5.02. The third kappa shape index (κ3) is 4.47. The number of carbonyl (C=O) groups excluding carboxylic acids is 1. The summed E-state index contributed by atoms with van der Waals surface area (Å²) in [4.78, 5) is 12.3. The van der Waals surface area contributed by atoms with Crippen LogP contribution >= 0.6 is 22.9 Å². The molecule has 1 N–H and O–H groups in total. The molecule has 0 aliphatic rings. The Kier molecular flexibility index (Phi) is 6.44. The summed E-state index contributed by atoms with van der Waals surface area (Å²) in [5.41, 5.74) is -4.70. The van der Waals surface area contributed by atoms with Gasteiger partial charge in [0.25, 0.3) is 5.91 Å². The lowest BCUT2D eigenvalue weighted by Crippen LogP contribution is -2.36. The van der Waals surface area contributed by atoms with E-state index in [0.717, 1.165) is 30.8 Å². The van der Waals surface area contributed by atoms with Crippen LogP contribution in [0.1, 0.15) is 21.6 Å². The second-order valence-corrected chi connectivity index (χ2v) is 8.25. The highest BCUT2D eigenvalue weighted by molar-refractivity contribution is 7.19. The van der Waals surface area contributed by atoms with Crippen LogP contribution in [0.15, 0.2) is 18.5 Å². The van der Waals surface area contributed by atoms with Crippen molar-refractivity contribution >= 4 is 28.8 Å². The van der Waals surface area contributed by atoms with Gasteiger partial charge >= 0.3 is 18.3 Å². The summed E-state index contributed by atoms with van der Waals surface area (Å²) in [6, 6.07) is 1.29. The molecule has 34 heavy (non-hydrogen) atoms. The van der Waals surface area contributed by atoms with Gasteiger partial charge in [-0.15, -0.1) is 17.8 Å². The molecule has 0 radical (unpaired) electrons. The fourth-order valence-corrected chi connectivity index (χ4v) is 4.10. The molecule has 0 aliphatic heterocycles. The van der Waals surface area contributed by atoms with Crippen molar-refractivity contribution < 1.29 is 39.9 Å². The lowest BCUT2D eigenvalue weighted by molar-refractivity contribution is -0.292. The Morgan fingerprint density at radius 3 is 2.44 bits per heavy atom. The molecule has 3 aromatic rings. The second-order valence-electron chi connectivity index (χ2n) is 6.60. The molecule has 0 unspecified atom stereocenters. The molecule has 1 amide bonds. The van der Waals surface area contributed by atoms with Crippen LogP contribution in [0.3, 0.4) is 0 Å². The number of aromatic nitrogens is 4. The van der Waals surface area contributed by atoms with E-state index >= 15 is 0 Å². The Morgan fingerprint density at radius 1 is 1.24 bits per heavy atom. The van der Waals surface area contributed by atoms with E-state index < -0.39 is 41.3 Å². The molecular formula is C18H10ClF8N5OS. The van der Waals surface area contributed by atoms with Gasteiger partial charge in [0.2, 0.25) is 0 Å². The minimum atomic E-state index is -6.32. The number of nitrogens with zero attached hydrogens (tertiary/aromatic N) is 4. The van der Waals surface area contributed by atoms with Crippen molar-refractivity contribution in [2.75, 3.05) is 6.54 Å². The summed E-state index contributed by atoms with van der Waals surface area (Å²) in [6.45, 7) is -0.0934. The molecule has 0 saturated carbocycles. The fourth-order valence-electron chi connectivity index (χ4n) is 2.85. The molecule has 3 heterocycles. The summed E-state index contributed by atoms with van der Waals surface area (Å²) in [6.07, 6.45) is -4.95. The molecule has 0 bridgehead atoms. The lowest BCUT2D eigenvalue weighted by atomic mass is 10.1. The Morgan fingerprint density at radius 2 is 1.88 bits per heavy atom. The number of hydrogen-bond acceptors (Lipinski definition) is 4. The summed E-state index contributed by atoms with van der Waals surface area (Å²) in [5.74, 6) is -5.50. The van der Waals surface area contributed by atoms with Gasteiger partial charge in [-0.25, -0.2) is 9.36 Å². The SMILES string of the molecule is C#CCNC(=O)c1cc(-c2cnn(-c3c(C(F)(F)F)c(C(F)(F)C(F)(F)F)nn3C)c2)sc1Cl. The first-order valence-corrected chi connectivity index (χ1v) is 9.94. The molecule has 16 heteroatoms. The number of carbonyl (C=O) groups is 1. The van der Waals surface area contributed by atoms with Crippen LogP contribution in [0, 0.1) is 12.3 Å². The molecule has 0 spiro atoms. The number of aryl methyl sites for hydroxylation is 1. The first-order valence-electron chi connectivity index (χ1n) is 8.75. The largest absolute Gasteiger partial charge is 0.459 e. The number of hydrogen-bond donors (Lipinski definition) is 1. The van der Waals surface area contributed by atoms with Gasteiger partial charge in [-0.2, -0.15) is 45.3 Å². The number of halogens is 9. The van der Waals surface area contributed by atoms with E-state index in [9.17, 15) is 39.9 Å². The zero-order valence-corrected chi connectivity index (χ0v) is 18.1. The standard InChI is InChI=1S/C18H10ClF8N5OS/c1-3-4-28-14(33)9-5-10(34-13(9)19)8-6-29-32(7-8)15-11(17(22,23)24)12(30-31(15)2)16(20,21)18(25,26)27/h1,5-7H,4H2,2H3,(H,28,33). The Balaban J connectivity index is 2.11. The van der Waals surface area contributed by atoms with Crippen molar-refractivity contribution in [1.29, 1.82) is 0 Å². The van der Waals surface area contributed by atoms with Gasteiger partial charge in [0.15, 0.2) is 11.5 Å². The average Bonchev–Trinajstić information content (AvgIpc) is 3.41. The molecule has 0 fully saturated rings. The van der Waals surface area contributed by atoms with Gasteiger partial charge in [0.1, 0.15) is 9.90 Å². The maximum absolute atomic E-state index is 13.9. The Bertz CT molecular complexity index is 1280. The third-order valence-electron chi connectivity index (χ3n) is 4.32. The first kappa shape index (κ1) is 25.5. The molecule has 0 saturated heterocycles. The predicted molar refractivity (Wildman–Crippen MR) is 105 cm³/mol. The molecule has 3 rings (SSSR count). The van der Waals surface area contributed by atoms with Gasteiger partial charge in [-0.05, 0) is 6.07 Å². The zero-order chi connectivity index (χ0) is 25.6. The summed E-state index contributed by atoms with van der Waals surface area (Å²) in [7, 11) is 0.762. The number of nitrogens with one attached hydrogen (secondary N) is 1. The van der Waals surface area contributed by atoms with Crippen molar-refractivity contribution in [1.82, 2.24) is 24.9 Å².